The minimum Gasteiger partial charge on any atom is -0.479 e. The SMILES string of the molecule is CN(C#N)C(=O)C1(C(=O)O)CCCCN1. The zero-order valence-electron chi connectivity index (χ0n) is 8.49. The highest BCUT2D eigenvalue weighted by Gasteiger charge is 2.48. The molecule has 82 valence electrons. The summed E-state index contributed by atoms with van der Waals surface area (Å²) in [5, 5.41) is 20.4. The van der Waals surface area contributed by atoms with E-state index in [9.17, 15) is 9.59 Å². The van der Waals surface area contributed by atoms with Crippen molar-refractivity contribution in [1.29, 1.82) is 5.26 Å². The Bertz CT molecular complexity index is 315. The molecule has 0 aromatic rings. The van der Waals surface area contributed by atoms with Crippen molar-refractivity contribution in [3.63, 3.8) is 0 Å². The predicted octanol–water partition coefficient (Wildman–Crippen LogP) is -0.477. The highest BCUT2D eigenvalue weighted by atomic mass is 16.4. The second-order valence-corrected chi connectivity index (χ2v) is 3.56. The molecule has 0 aliphatic carbocycles. The Morgan fingerprint density at radius 1 is 1.53 bits per heavy atom. The smallest absolute Gasteiger partial charge is 0.333 e. The molecule has 15 heavy (non-hydrogen) atoms. The number of hydrogen-bond acceptors (Lipinski definition) is 4. The van der Waals surface area contributed by atoms with Crippen molar-refractivity contribution in [2.75, 3.05) is 13.6 Å². The van der Waals surface area contributed by atoms with Crippen LogP contribution in [0.4, 0.5) is 0 Å². The Labute approximate surface area is 87.5 Å². The Hall–Kier alpha value is -1.61. The molecule has 0 radical (unpaired) electrons. The van der Waals surface area contributed by atoms with Crippen LogP contribution in [0, 0.1) is 11.5 Å². The average Bonchev–Trinajstić information content (AvgIpc) is 2.27. The van der Waals surface area contributed by atoms with Crippen LogP contribution in [0.25, 0.3) is 0 Å². The van der Waals surface area contributed by atoms with Crippen molar-refractivity contribution in [2.24, 2.45) is 0 Å². The van der Waals surface area contributed by atoms with E-state index in [0.717, 1.165) is 11.3 Å². The molecular formula is C9H13N3O3. The molecule has 6 nitrogen and oxygen atoms in total. The number of nitrogens with one attached hydrogen (secondary N) is 1. The van der Waals surface area contributed by atoms with E-state index in [2.05, 4.69) is 5.32 Å². The molecule has 0 bridgehead atoms. The van der Waals surface area contributed by atoms with Crippen molar-refractivity contribution in [2.45, 2.75) is 24.8 Å². The number of carbonyl (C=O) groups is 2. The Morgan fingerprint density at radius 2 is 2.20 bits per heavy atom. The second-order valence-electron chi connectivity index (χ2n) is 3.56. The van der Waals surface area contributed by atoms with Gasteiger partial charge in [-0.1, -0.05) is 0 Å². The van der Waals surface area contributed by atoms with Gasteiger partial charge in [0.2, 0.25) is 0 Å². The number of nitrogens with zero attached hydrogens (tertiary/aromatic N) is 2. The van der Waals surface area contributed by atoms with Gasteiger partial charge in [0.25, 0.3) is 5.91 Å². The summed E-state index contributed by atoms with van der Waals surface area (Å²) in [4.78, 5) is 23.6. The zero-order valence-corrected chi connectivity index (χ0v) is 8.49. The third kappa shape index (κ3) is 1.92. The van der Waals surface area contributed by atoms with Gasteiger partial charge in [-0.05, 0) is 25.8 Å². The van der Waals surface area contributed by atoms with Crippen LogP contribution in [0.2, 0.25) is 0 Å². The van der Waals surface area contributed by atoms with E-state index in [1.54, 1.807) is 6.19 Å². The third-order valence-electron chi connectivity index (χ3n) is 2.59. The Balaban J connectivity index is 2.96. The van der Waals surface area contributed by atoms with Crippen LogP contribution >= 0.6 is 0 Å². The zero-order chi connectivity index (χ0) is 11.5. The van der Waals surface area contributed by atoms with E-state index in [-0.39, 0.29) is 6.42 Å². The van der Waals surface area contributed by atoms with E-state index in [4.69, 9.17) is 10.4 Å². The summed E-state index contributed by atoms with van der Waals surface area (Å²) < 4.78 is 0. The number of carbonyl (C=O) groups excluding carboxylic acids is 1. The predicted molar refractivity (Wildman–Crippen MR) is 50.6 cm³/mol. The van der Waals surface area contributed by atoms with Gasteiger partial charge >= 0.3 is 5.97 Å². The number of aliphatic carboxylic acids is 1. The summed E-state index contributed by atoms with van der Waals surface area (Å²) in [7, 11) is 1.27. The molecule has 0 aromatic carbocycles. The number of carboxylic acid groups (broad SMARTS) is 1. The molecule has 6 heteroatoms. The molecule has 0 saturated carbocycles. The van der Waals surface area contributed by atoms with Crippen molar-refractivity contribution in [1.82, 2.24) is 10.2 Å². The third-order valence-corrected chi connectivity index (χ3v) is 2.59. The van der Waals surface area contributed by atoms with Crippen LogP contribution in [0.15, 0.2) is 0 Å². The first-order chi connectivity index (χ1) is 7.04. The number of piperidine rings is 1. The average molecular weight is 211 g/mol. The number of likely N-dealkylation sites (N-methyl/N-ethyl adjacent to an activating group) is 1. The number of rotatable bonds is 2. The lowest BCUT2D eigenvalue weighted by atomic mass is 9.87. The molecule has 1 saturated heterocycles. The summed E-state index contributed by atoms with van der Waals surface area (Å²) in [6.45, 7) is 0.483. The van der Waals surface area contributed by atoms with Gasteiger partial charge in [-0.25, -0.2) is 9.69 Å². The van der Waals surface area contributed by atoms with Crippen molar-refractivity contribution < 1.29 is 14.7 Å². The number of amides is 1. The van der Waals surface area contributed by atoms with Gasteiger partial charge in [0.1, 0.15) is 0 Å². The largest absolute Gasteiger partial charge is 0.479 e. The molecule has 1 rings (SSSR count). The fourth-order valence-electron chi connectivity index (χ4n) is 1.69. The lowest BCUT2D eigenvalue weighted by Gasteiger charge is -2.33. The molecule has 1 aliphatic rings. The first-order valence-electron chi connectivity index (χ1n) is 4.71. The van der Waals surface area contributed by atoms with Crippen molar-refractivity contribution in [3.05, 3.63) is 0 Å². The maximum atomic E-state index is 11.8. The van der Waals surface area contributed by atoms with Crippen LogP contribution in [0.1, 0.15) is 19.3 Å². The van der Waals surface area contributed by atoms with Gasteiger partial charge in [0.15, 0.2) is 11.7 Å². The minimum atomic E-state index is -1.61. The molecule has 1 amide bonds. The molecule has 1 aliphatic heterocycles. The van der Waals surface area contributed by atoms with Gasteiger partial charge in [-0.3, -0.25) is 10.1 Å². The number of hydrogen-bond donors (Lipinski definition) is 2. The highest BCUT2D eigenvalue weighted by molar-refractivity contribution is 6.07. The molecule has 1 atom stereocenters. The quantitative estimate of drug-likeness (QED) is 0.365. The van der Waals surface area contributed by atoms with Crippen LogP contribution in [-0.2, 0) is 9.59 Å². The summed E-state index contributed by atoms with van der Waals surface area (Å²) in [6, 6.07) is 0. The number of carboxylic acids is 1. The highest BCUT2D eigenvalue weighted by Crippen LogP contribution is 2.21. The van der Waals surface area contributed by atoms with Gasteiger partial charge in [0.05, 0.1) is 0 Å². The molecule has 1 unspecified atom stereocenters. The van der Waals surface area contributed by atoms with Gasteiger partial charge in [-0.15, -0.1) is 0 Å². The molecule has 1 fully saturated rings. The Kier molecular flexibility index (Phi) is 3.27. The van der Waals surface area contributed by atoms with E-state index < -0.39 is 17.4 Å². The van der Waals surface area contributed by atoms with Gasteiger partial charge < -0.3 is 5.11 Å². The maximum Gasteiger partial charge on any atom is 0.333 e. The van der Waals surface area contributed by atoms with Gasteiger partial charge in [0, 0.05) is 7.05 Å². The monoisotopic (exact) mass is 211 g/mol. The van der Waals surface area contributed by atoms with E-state index in [1.807, 2.05) is 0 Å². The van der Waals surface area contributed by atoms with Crippen LogP contribution in [0.3, 0.4) is 0 Å². The molecule has 0 aromatic heterocycles. The first kappa shape index (κ1) is 11.5. The maximum absolute atomic E-state index is 11.8. The van der Waals surface area contributed by atoms with Crippen LogP contribution in [0.5, 0.6) is 0 Å². The standard InChI is InChI=1S/C9H13N3O3/c1-12(6-10)7(13)9(8(14)15)4-2-3-5-11-9/h11H,2-5H2,1H3,(H,14,15). The minimum absolute atomic E-state index is 0.229. The molecular weight excluding hydrogens is 198 g/mol. The molecule has 0 spiro atoms. The number of nitriles is 1. The second kappa shape index (κ2) is 4.28. The fraction of sp³-hybridized carbons (Fsp3) is 0.667. The Morgan fingerprint density at radius 3 is 2.60 bits per heavy atom. The lowest BCUT2D eigenvalue weighted by Crippen LogP contribution is -2.63. The lowest BCUT2D eigenvalue weighted by molar-refractivity contribution is -0.155. The summed E-state index contributed by atoms with van der Waals surface area (Å²) in [6.07, 6.45) is 3.37. The summed E-state index contributed by atoms with van der Waals surface area (Å²) in [5.41, 5.74) is -1.61. The van der Waals surface area contributed by atoms with Crippen molar-refractivity contribution >= 4 is 11.9 Å². The van der Waals surface area contributed by atoms with Crippen LogP contribution in [-0.4, -0.2) is 41.0 Å². The van der Waals surface area contributed by atoms with E-state index in [0.29, 0.717) is 13.0 Å². The summed E-state index contributed by atoms with van der Waals surface area (Å²) >= 11 is 0. The van der Waals surface area contributed by atoms with E-state index in [1.165, 1.54) is 7.05 Å². The van der Waals surface area contributed by atoms with E-state index >= 15 is 0 Å². The molecule has 2 N–H and O–H groups in total. The normalized spacial score (nSPS) is 25.3. The first-order valence-corrected chi connectivity index (χ1v) is 4.71. The fourth-order valence-corrected chi connectivity index (χ4v) is 1.69. The van der Waals surface area contributed by atoms with Crippen LogP contribution < -0.4 is 5.32 Å². The topological polar surface area (TPSA) is 93.4 Å². The summed E-state index contributed by atoms with van der Waals surface area (Å²) in [5.74, 6) is -1.91. The van der Waals surface area contributed by atoms with Gasteiger partial charge in [-0.2, -0.15) is 5.26 Å². The van der Waals surface area contributed by atoms with Crippen molar-refractivity contribution in [3.8, 4) is 6.19 Å². The molecule has 1 heterocycles.